The number of methoxy groups -OCH3 is 1. The molecule has 0 heterocycles. The van der Waals surface area contributed by atoms with Gasteiger partial charge in [0.15, 0.2) is 17.8 Å². The number of aromatic hydroxyl groups is 3. The largest absolute Gasteiger partial charge is 0.507 e. The Balaban J connectivity index is 2.41. The molecule has 0 amide bonds. The summed E-state index contributed by atoms with van der Waals surface area (Å²) >= 11 is 0. The van der Waals surface area contributed by atoms with Gasteiger partial charge >= 0.3 is 0 Å². The number of aldehydes is 1. The average Bonchev–Trinajstić information content (AvgIpc) is 2.48. The number of rotatable bonds is 4. The number of hydrogen-bond acceptors (Lipinski definition) is 5. The second kappa shape index (κ2) is 5.52. The summed E-state index contributed by atoms with van der Waals surface area (Å²) in [6.45, 7) is 0. The Bertz CT molecular complexity index is 632. The molecule has 0 spiro atoms. The SMILES string of the molecule is COc1ccc(Cc2c(O)c(O)cc(C=O)c2O)cc1. The molecule has 0 aliphatic carbocycles. The predicted molar refractivity (Wildman–Crippen MR) is 72.6 cm³/mol. The Kier molecular flexibility index (Phi) is 3.79. The lowest BCUT2D eigenvalue weighted by Gasteiger charge is -2.11. The summed E-state index contributed by atoms with van der Waals surface area (Å²) < 4.78 is 5.04. The Morgan fingerprint density at radius 3 is 2.30 bits per heavy atom. The molecule has 20 heavy (non-hydrogen) atoms. The van der Waals surface area contributed by atoms with Crippen molar-refractivity contribution in [2.24, 2.45) is 0 Å². The fraction of sp³-hybridized carbons (Fsp3) is 0.133. The molecule has 2 aromatic rings. The van der Waals surface area contributed by atoms with Gasteiger partial charge in [-0.3, -0.25) is 4.79 Å². The first kappa shape index (κ1) is 13.7. The van der Waals surface area contributed by atoms with E-state index in [1.54, 1.807) is 31.4 Å². The van der Waals surface area contributed by atoms with Crippen LogP contribution in [0.4, 0.5) is 0 Å². The Morgan fingerprint density at radius 1 is 1.10 bits per heavy atom. The fourth-order valence-electron chi connectivity index (χ4n) is 1.93. The molecule has 0 radical (unpaired) electrons. The van der Waals surface area contributed by atoms with E-state index in [9.17, 15) is 20.1 Å². The van der Waals surface area contributed by atoms with Crippen LogP contribution in [0.5, 0.6) is 23.0 Å². The van der Waals surface area contributed by atoms with Crippen LogP contribution >= 0.6 is 0 Å². The monoisotopic (exact) mass is 274 g/mol. The zero-order chi connectivity index (χ0) is 14.7. The van der Waals surface area contributed by atoms with Crippen molar-refractivity contribution in [1.29, 1.82) is 0 Å². The molecule has 3 N–H and O–H groups in total. The van der Waals surface area contributed by atoms with Crippen LogP contribution < -0.4 is 4.74 Å². The van der Waals surface area contributed by atoms with Crippen LogP contribution in [0.25, 0.3) is 0 Å². The number of ether oxygens (including phenoxy) is 1. The summed E-state index contributed by atoms with van der Waals surface area (Å²) in [5, 5.41) is 29.3. The van der Waals surface area contributed by atoms with Crippen molar-refractivity contribution >= 4 is 6.29 Å². The minimum Gasteiger partial charge on any atom is -0.507 e. The van der Waals surface area contributed by atoms with Crippen molar-refractivity contribution in [2.45, 2.75) is 6.42 Å². The number of benzene rings is 2. The zero-order valence-corrected chi connectivity index (χ0v) is 10.8. The maximum absolute atomic E-state index is 10.8. The van der Waals surface area contributed by atoms with E-state index < -0.39 is 11.5 Å². The lowest BCUT2D eigenvalue weighted by Crippen LogP contribution is -1.94. The fourth-order valence-corrected chi connectivity index (χ4v) is 1.93. The van der Waals surface area contributed by atoms with Crippen LogP contribution in [0.15, 0.2) is 30.3 Å². The average molecular weight is 274 g/mol. The lowest BCUT2D eigenvalue weighted by molar-refractivity contribution is 0.112. The van der Waals surface area contributed by atoms with Crippen molar-refractivity contribution in [1.82, 2.24) is 0 Å². The highest BCUT2D eigenvalue weighted by Gasteiger charge is 2.17. The smallest absolute Gasteiger partial charge is 0.164 e. The third-order valence-electron chi connectivity index (χ3n) is 3.05. The molecule has 0 aromatic heterocycles. The molecule has 0 aliphatic heterocycles. The van der Waals surface area contributed by atoms with Gasteiger partial charge in [0.2, 0.25) is 0 Å². The van der Waals surface area contributed by atoms with Gasteiger partial charge in [0, 0.05) is 12.0 Å². The number of phenolic OH excluding ortho intramolecular Hbond substituents is 3. The maximum atomic E-state index is 10.8. The first-order chi connectivity index (χ1) is 9.56. The number of carbonyl (C=O) groups is 1. The molecule has 0 unspecified atom stereocenters. The molecule has 0 fully saturated rings. The van der Waals surface area contributed by atoms with Gasteiger partial charge in [-0.25, -0.2) is 0 Å². The van der Waals surface area contributed by atoms with Gasteiger partial charge < -0.3 is 20.1 Å². The summed E-state index contributed by atoms with van der Waals surface area (Å²) in [5.41, 5.74) is 0.833. The van der Waals surface area contributed by atoms with Crippen molar-refractivity contribution in [3.05, 3.63) is 47.0 Å². The van der Waals surface area contributed by atoms with E-state index in [1.165, 1.54) is 0 Å². The van der Waals surface area contributed by atoms with Crippen LogP contribution in [0.1, 0.15) is 21.5 Å². The first-order valence-corrected chi connectivity index (χ1v) is 5.91. The molecule has 0 saturated carbocycles. The normalized spacial score (nSPS) is 10.2. The molecule has 5 nitrogen and oxygen atoms in total. The van der Waals surface area contributed by atoms with E-state index in [-0.39, 0.29) is 23.3 Å². The summed E-state index contributed by atoms with van der Waals surface area (Å²) in [5.74, 6) is -0.505. The minimum atomic E-state index is -0.437. The standard InChI is InChI=1S/C15H14O5/c1-20-11-4-2-9(3-5-11)6-12-14(18)10(8-16)7-13(17)15(12)19/h2-5,7-8,17-19H,6H2,1H3. The van der Waals surface area contributed by atoms with Gasteiger partial charge in [-0.05, 0) is 23.8 Å². The maximum Gasteiger partial charge on any atom is 0.164 e. The molecular formula is C15H14O5. The van der Waals surface area contributed by atoms with Gasteiger partial charge in [0.25, 0.3) is 0 Å². The Labute approximate surface area is 115 Å². The van der Waals surface area contributed by atoms with E-state index in [0.717, 1.165) is 11.6 Å². The molecule has 2 rings (SSSR count). The van der Waals surface area contributed by atoms with E-state index in [2.05, 4.69) is 0 Å². The predicted octanol–water partition coefficient (Wildman–Crippen LogP) is 2.22. The molecule has 5 heteroatoms. The third-order valence-corrected chi connectivity index (χ3v) is 3.05. The summed E-state index contributed by atoms with van der Waals surface area (Å²) in [4.78, 5) is 10.8. The third kappa shape index (κ3) is 2.51. The van der Waals surface area contributed by atoms with Crippen molar-refractivity contribution < 1.29 is 24.9 Å². The van der Waals surface area contributed by atoms with Crippen molar-refractivity contribution in [3.63, 3.8) is 0 Å². The number of hydrogen-bond donors (Lipinski definition) is 3. The Hall–Kier alpha value is -2.69. The van der Waals surface area contributed by atoms with E-state index >= 15 is 0 Å². The van der Waals surface area contributed by atoms with Gasteiger partial charge in [0.1, 0.15) is 11.5 Å². The van der Waals surface area contributed by atoms with E-state index in [4.69, 9.17) is 4.74 Å². The van der Waals surface area contributed by atoms with Crippen molar-refractivity contribution in [3.8, 4) is 23.0 Å². The highest BCUT2D eigenvalue weighted by Crippen LogP contribution is 2.39. The summed E-state index contributed by atoms with van der Waals surface area (Å²) in [7, 11) is 1.55. The molecule has 104 valence electrons. The van der Waals surface area contributed by atoms with Gasteiger partial charge in [-0.1, -0.05) is 12.1 Å². The van der Waals surface area contributed by atoms with E-state index in [0.29, 0.717) is 12.0 Å². The topological polar surface area (TPSA) is 87.0 Å². The van der Waals surface area contributed by atoms with E-state index in [1.807, 2.05) is 0 Å². The quantitative estimate of drug-likeness (QED) is 0.452. The van der Waals surface area contributed by atoms with Crippen LogP contribution in [0.3, 0.4) is 0 Å². The summed E-state index contributed by atoms with van der Waals surface area (Å²) in [6.07, 6.45) is 0.600. The van der Waals surface area contributed by atoms with Crippen LogP contribution in [-0.2, 0) is 6.42 Å². The Morgan fingerprint density at radius 2 is 1.75 bits per heavy atom. The molecule has 0 atom stereocenters. The second-order valence-electron chi connectivity index (χ2n) is 4.30. The highest BCUT2D eigenvalue weighted by molar-refractivity contribution is 5.82. The molecule has 0 bridgehead atoms. The van der Waals surface area contributed by atoms with Crippen LogP contribution in [-0.4, -0.2) is 28.7 Å². The molecule has 0 saturated heterocycles. The van der Waals surface area contributed by atoms with Crippen molar-refractivity contribution in [2.75, 3.05) is 7.11 Å². The molecule has 0 aliphatic rings. The first-order valence-electron chi connectivity index (χ1n) is 5.91. The minimum absolute atomic E-state index is 0.0659. The summed E-state index contributed by atoms with van der Waals surface area (Å²) in [6, 6.07) is 8.04. The number of phenols is 3. The number of carbonyl (C=O) groups excluding carboxylic acids is 1. The van der Waals surface area contributed by atoms with Gasteiger partial charge in [-0.15, -0.1) is 0 Å². The molecular weight excluding hydrogens is 260 g/mol. The van der Waals surface area contributed by atoms with Crippen LogP contribution in [0, 0.1) is 0 Å². The van der Waals surface area contributed by atoms with Gasteiger partial charge in [-0.2, -0.15) is 0 Å². The van der Waals surface area contributed by atoms with Crippen LogP contribution in [0.2, 0.25) is 0 Å². The second-order valence-corrected chi connectivity index (χ2v) is 4.30. The zero-order valence-electron chi connectivity index (χ0n) is 10.8. The lowest BCUT2D eigenvalue weighted by atomic mass is 10.00. The highest BCUT2D eigenvalue weighted by atomic mass is 16.5. The van der Waals surface area contributed by atoms with Gasteiger partial charge in [0.05, 0.1) is 12.7 Å². The molecule has 2 aromatic carbocycles.